The third-order valence-corrected chi connectivity index (χ3v) is 5.62. The molecule has 27 heavy (non-hydrogen) atoms. The molecule has 0 bridgehead atoms. The van der Waals surface area contributed by atoms with E-state index in [2.05, 4.69) is 15.5 Å². The molecule has 3 rings (SSSR count). The third kappa shape index (κ3) is 4.40. The van der Waals surface area contributed by atoms with E-state index in [9.17, 15) is 13.2 Å². The molecule has 0 aliphatic heterocycles. The van der Waals surface area contributed by atoms with Gasteiger partial charge in [-0.15, -0.1) is 5.10 Å². The summed E-state index contributed by atoms with van der Waals surface area (Å²) in [6.07, 6.45) is 1.43. The number of carbonyl (C=O) groups excluding carboxylic acids is 1. The van der Waals surface area contributed by atoms with Crippen LogP contribution in [0.1, 0.15) is 35.8 Å². The minimum atomic E-state index is -3.69. The first-order chi connectivity index (χ1) is 12.9. The topological polar surface area (TPSA) is 94.0 Å². The van der Waals surface area contributed by atoms with Gasteiger partial charge in [0.15, 0.2) is 15.7 Å². The van der Waals surface area contributed by atoms with Crippen LogP contribution in [0.2, 0.25) is 0 Å². The van der Waals surface area contributed by atoms with E-state index < -0.39 is 15.7 Å². The van der Waals surface area contributed by atoms with Crippen molar-refractivity contribution >= 4 is 21.6 Å². The molecule has 0 atom stereocenters. The highest BCUT2D eigenvalue weighted by atomic mass is 32.2. The number of sulfone groups is 1. The molecule has 0 spiro atoms. The SMILES string of the molecule is CC(C)n1ncc(NC(=O)c2ccccc2S(=O)(=O)Cc2ccccc2)n1. The smallest absolute Gasteiger partial charge is 0.258 e. The molecule has 0 unspecified atom stereocenters. The first-order valence-corrected chi connectivity index (χ1v) is 10.1. The Hall–Kier alpha value is -3.00. The number of rotatable bonds is 6. The Kier molecular flexibility index (Phi) is 5.36. The summed E-state index contributed by atoms with van der Waals surface area (Å²) < 4.78 is 25.7. The van der Waals surface area contributed by atoms with Crippen molar-refractivity contribution in [3.63, 3.8) is 0 Å². The molecule has 0 fully saturated rings. The van der Waals surface area contributed by atoms with Gasteiger partial charge in [0.1, 0.15) is 0 Å². The maximum atomic E-state index is 12.9. The summed E-state index contributed by atoms with van der Waals surface area (Å²) >= 11 is 0. The number of carbonyl (C=O) groups is 1. The van der Waals surface area contributed by atoms with E-state index in [1.807, 2.05) is 19.9 Å². The Morgan fingerprint density at radius 3 is 2.41 bits per heavy atom. The maximum absolute atomic E-state index is 12.9. The number of anilines is 1. The van der Waals surface area contributed by atoms with Crippen LogP contribution < -0.4 is 5.32 Å². The highest BCUT2D eigenvalue weighted by molar-refractivity contribution is 7.90. The molecule has 0 saturated heterocycles. The van der Waals surface area contributed by atoms with E-state index in [-0.39, 0.29) is 28.1 Å². The fraction of sp³-hybridized carbons (Fsp3) is 0.211. The van der Waals surface area contributed by atoms with E-state index in [0.29, 0.717) is 5.56 Å². The monoisotopic (exact) mass is 384 g/mol. The molecule has 1 N–H and O–H groups in total. The van der Waals surface area contributed by atoms with Crippen molar-refractivity contribution in [3.05, 3.63) is 71.9 Å². The maximum Gasteiger partial charge on any atom is 0.258 e. The zero-order chi connectivity index (χ0) is 19.4. The van der Waals surface area contributed by atoms with Gasteiger partial charge < -0.3 is 5.32 Å². The number of amides is 1. The largest absolute Gasteiger partial charge is 0.304 e. The van der Waals surface area contributed by atoms with Gasteiger partial charge in [-0.3, -0.25) is 4.79 Å². The molecule has 2 aromatic carbocycles. The van der Waals surface area contributed by atoms with Crippen LogP contribution in [0.3, 0.4) is 0 Å². The second kappa shape index (κ2) is 7.71. The molecular weight excluding hydrogens is 364 g/mol. The molecule has 140 valence electrons. The molecule has 0 saturated carbocycles. The van der Waals surface area contributed by atoms with Crippen molar-refractivity contribution in [1.82, 2.24) is 15.0 Å². The van der Waals surface area contributed by atoms with Crippen molar-refractivity contribution < 1.29 is 13.2 Å². The molecule has 0 aliphatic carbocycles. The van der Waals surface area contributed by atoms with Gasteiger partial charge >= 0.3 is 0 Å². The number of hydrogen-bond donors (Lipinski definition) is 1. The number of aromatic nitrogens is 3. The lowest BCUT2D eigenvalue weighted by Crippen LogP contribution is -2.18. The van der Waals surface area contributed by atoms with Crippen LogP contribution in [0.15, 0.2) is 65.7 Å². The van der Waals surface area contributed by atoms with Gasteiger partial charge in [-0.05, 0) is 31.5 Å². The molecular formula is C19H20N4O3S. The van der Waals surface area contributed by atoms with Gasteiger partial charge in [0.05, 0.1) is 28.5 Å². The Morgan fingerprint density at radius 2 is 1.74 bits per heavy atom. The van der Waals surface area contributed by atoms with Crippen molar-refractivity contribution in [1.29, 1.82) is 0 Å². The van der Waals surface area contributed by atoms with E-state index in [1.165, 1.54) is 23.1 Å². The highest BCUT2D eigenvalue weighted by Crippen LogP contribution is 2.21. The Balaban J connectivity index is 1.87. The minimum absolute atomic E-state index is 0.0115. The molecule has 3 aromatic rings. The lowest BCUT2D eigenvalue weighted by atomic mass is 10.2. The summed E-state index contributed by atoms with van der Waals surface area (Å²) in [7, 11) is -3.69. The zero-order valence-corrected chi connectivity index (χ0v) is 15.8. The zero-order valence-electron chi connectivity index (χ0n) is 15.0. The fourth-order valence-corrected chi connectivity index (χ4v) is 4.13. The second-order valence-electron chi connectivity index (χ2n) is 6.34. The molecule has 1 aromatic heterocycles. The van der Waals surface area contributed by atoms with Crippen molar-refractivity contribution in [3.8, 4) is 0 Å². The summed E-state index contributed by atoms with van der Waals surface area (Å²) in [5, 5.41) is 10.8. The molecule has 7 nitrogen and oxygen atoms in total. The van der Waals surface area contributed by atoms with Gasteiger partial charge in [-0.1, -0.05) is 42.5 Å². The normalized spacial score (nSPS) is 11.5. The summed E-state index contributed by atoms with van der Waals surface area (Å²) in [6.45, 7) is 3.83. The third-order valence-electron chi connectivity index (χ3n) is 3.88. The summed E-state index contributed by atoms with van der Waals surface area (Å²) in [6, 6.07) is 15.1. The van der Waals surface area contributed by atoms with Gasteiger partial charge in [0.2, 0.25) is 0 Å². The predicted octanol–water partition coefficient (Wildman–Crippen LogP) is 3.09. The lowest BCUT2D eigenvalue weighted by Gasteiger charge is -2.10. The van der Waals surface area contributed by atoms with Crippen LogP contribution in [0.4, 0.5) is 5.82 Å². The van der Waals surface area contributed by atoms with E-state index in [1.54, 1.807) is 36.4 Å². The van der Waals surface area contributed by atoms with Crippen LogP contribution in [-0.2, 0) is 15.6 Å². The van der Waals surface area contributed by atoms with Crippen LogP contribution in [-0.4, -0.2) is 29.3 Å². The Labute approximate surface area is 158 Å². The highest BCUT2D eigenvalue weighted by Gasteiger charge is 2.23. The number of nitrogens with zero attached hydrogens (tertiary/aromatic N) is 3. The van der Waals surface area contributed by atoms with E-state index >= 15 is 0 Å². The molecule has 1 heterocycles. The van der Waals surface area contributed by atoms with Crippen molar-refractivity contribution in [2.45, 2.75) is 30.5 Å². The van der Waals surface area contributed by atoms with Crippen LogP contribution in [0.25, 0.3) is 0 Å². The van der Waals surface area contributed by atoms with Crippen LogP contribution in [0, 0.1) is 0 Å². The second-order valence-corrected chi connectivity index (χ2v) is 8.30. The average molecular weight is 384 g/mol. The minimum Gasteiger partial charge on any atom is -0.304 e. The van der Waals surface area contributed by atoms with Gasteiger partial charge in [-0.2, -0.15) is 9.90 Å². The Bertz CT molecular complexity index is 1040. The number of nitrogens with one attached hydrogen (secondary N) is 1. The first-order valence-electron chi connectivity index (χ1n) is 8.46. The van der Waals surface area contributed by atoms with E-state index in [4.69, 9.17) is 0 Å². The molecule has 1 amide bonds. The van der Waals surface area contributed by atoms with Crippen molar-refractivity contribution in [2.75, 3.05) is 5.32 Å². The molecule has 8 heteroatoms. The van der Waals surface area contributed by atoms with Crippen LogP contribution >= 0.6 is 0 Å². The van der Waals surface area contributed by atoms with Crippen molar-refractivity contribution in [2.24, 2.45) is 0 Å². The van der Waals surface area contributed by atoms with E-state index in [0.717, 1.165) is 0 Å². The molecule has 0 aliphatic rings. The first kappa shape index (κ1) is 18.8. The van der Waals surface area contributed by atoms with Gasteiger partial charge in [0, 0.05) is 0 Å². The predicted molar refractivity (Wildman–Crippen MR) is 102 cm³/mol. The number of benzene rings is 2. The summed E-state index contributed by atoms with van der Waals surface area (Å²) in [4.78, 5) is 14.1. The summed E-state index contributed by atoms with van der Waals surface area (Å²) in [5.74, 6) is -0.455. The molecule has 0 radical (unpaired) electrons. The standard InChI is InChI=1S/C19H20N4O3S/c1-14(2)23-20-12-18(22-23)21-19(24)16-10-6-7-11-17(16)27(25,26)13-15-8-4-3-5-9-15/h3-12,14H,13H2,1-2H3,(H,21,22,24). The van der Waals surface area contributed by atoms with Gasteiger partial charge in [0.25, 0.3) is 5.91 Å². The van der Waals surface area contributed by atoms with Crippen LogP contribution in [0.5, 0.6) is 0 Å². The fourth-order valence-electron chi connectivity index (χ4n) is 2.56. The Morgan fingerprint density at radius 1 is 1.07 bits per heavy atom. The number of hydrogen-bond acceptors (Lipinski definition) is 5. The quantitative estimate of drug-likeness (QED) is 0.705. The summed E-state index contributed by atoms with van der Waals surface area (Å²) in [5.41, 5.74) is 0.736. The van der Waals surface area contributed by atoms with Gasteiger partial charge in [-0.25, -0.2) is 8.42 Å². The average Bonchev–Trinajstić information content (AvgIpc) is 3.11. The lowest BCUT2D eigenvalue weighted by molar-refractivity contribution is 0.102.